The van der Waals surface area contributed by atoms with Crippen molar-refractivity contribution in [3.05, 3.63) is 47.9 Å². The third-order valence-corrected chi connectivity index (χ3v) is 3.07. The molecule has 1 unspecified atom stereocenters. The molecule has 3 N–H and O–H groups in total. The van der Waals surface area contributed by atoms with Gasteiger partial charge in [0, 0.05) is 24.5 Å². The summed E-state index contributed by atoms with van der Waals surface area (Å²) in [6.45, 7) is 2.14. The number of allylic oxidation sites excluding steroid dienone is 1. The average Bonchev–Trinajstić information content (AvgIpc) is 2.35. The summed E-state index contributed by atoms with van der Waals surface area (Å²) in [6.07, 6.45) is 6.55. The van der Waals surface area contributed by atoms with Gasteiger partial charge in [0.15, 0.2) is 0 Å². The second-order valence-corrected chi connectivity index (χ2v) is 4.73. The summed E-state index contributed by atoms with van der Waals surface area (Å²) < 4.78 is 0. The van der Waals surface area contributed by atoms with E-state index in [0.717, 1.165) is 11.3 Å². The van der Waals surface area contributed by atoms with Crippen molar-refractivity contribution >= 4 is 17.3 Å². The number of nitrogens with two attached hydrogens (primary N) is 1. The molecule has 0 aromatic carbocycles. The number of alkyl halides is 1. The fourth-order valence-electron chi connectivity index (χ4n) is 1.97. The van der Waals surface area contributed by atoms with Crippen molar-refractivity contribution in [3.63, 3.8) is 0 Å². The molecule has 1 aliphatic heterocycles. The van der Waals surface area contributed by atoms with Gasteiger partial charge >= 0.3 is 0 Å². The summed E-state index contributed by atoms with van der Waals surface area (Å²) in [5.41, 5.74) is 8.04. The molecule has 0 fully saturated rings. The number of aliphatic hydroxyl groups is 1. The molecule has 0 spiro atoms. The monoisotopic (exact) mass is 265 g/mol. The van der Waals surface area contributed by atoms with E-state index in [1.54, 1.807) is 31.5 Å². The lowest BCUT2D eigenvalue weighted by molar-refractivity contribution is 0.155. The summed E-state index contributed by atoms with van der Waals surface area (Å²) in [5, 5.41) is 9.57. The molecule has 1 aliphatic rings. The first-order valence-electron chi connectivity index (χ1n) is 5.76. The predicted molar refractivity (Wildman–Crippen MR) is 72.5 cm³/mol. The van der Waals surface area contributed by atoms with Crippen molar-refractivity contribution < 1.29 is 5.11 Å². The number of aliphatic hydroxyl groups excluding tert-OH is 1. The second kappa shape index (κ2) is 5.42. The normalized spacial score (nSPS) is 21.3. The molecule has 0 saturated heterocycles. The topological polar surface area (TPSA) is 62.4 Å². The summed E-state index contributed by atoms with van der Waals surface area (Å²) >= 11 is 6.25. The van der Waals surface area contributed by atoms with E-state index in [-0.39, 0.29) is 5.50 Å². The molecule has 96 valence electrons. The Hall–Kier alpha value is -1.52. The predicted octanol–water partition coefficient (Wildman–Crippen LogP) is 1.53. The highest BCUT2D eigenvalue weighted by Crippen LogP contribution is 2.29. The largest absolute Gasteiger partial charge is 0.397 e. The van der Waals surface area contributed by atoms with Gasteiger partial charge in [0.25, 0.3) is 0 Å². The van der Waals surface area contributed by atoms with Crippen LogP contribution >= 0.6 is 11.6 Å². The molecule has 4 nitrogen and oxygen atoms in total. The zero-order valence-electron chi connectivity index (χ0n) is 10.1. The highest BCUT2D eigenvalue weighted by molar-refractivity contribution is 6.22. The maximum atomic E-state index is 9.57. The number of β-amino-alcohol motifs (C(OH)–C–C–N with tert-alkyl or cyclic N) is 1. The van der Waals surface area contributed by atoms with E-state index in [4.69, 9.17) is 17.3 Å². The van der Waals surface area contributed by atoms with E-state index < -0.39 is 6.10 Å². The molecule has 1 aromatic rings. The zero-order valence-corrected chi connectivity index (χ0v) is 10.9. The third kappa shape index (κ3) is 2.66. The number of aromatic nitrogens is 1. The van der Waals surface area contributed by atoms with Crippen LogP contribution in [0.1, 0.15) is 12.5 Å². The van der Waals surface area contributed by atoms with Crippen LogP contribution in [-0.2, 0) is 0 Å². The number of hydrogen-bond donors (Lipinski definition) is 2. The lowest BCUT2D eigenvalue weighted by Gasteiger charge is -2.34. The standard InChI is InChI=1S/C13H16ClN3O/c1-9(18)8-17-12(14)5-4-11(15)13(17)10-3-2-6-16-7-10/h2-7,9,12,18H,8,15H2,1H3/t9?,12-/m1/s1. The zero-order chi connectivity index (χ0) is 13.1. The Morgan fingerprint density at radius 1 is 1.61 bits per heavy atom. The second-order valence-electron chi connectivity index (χ2n) is 4.28. The van der Waals surface area contributed by atoms with Crippen LogP contribution in [-0.4, -0.2) is 33.1 Å². The SMILES string of the molecule is CC(O)CN1C(c2cccnc2)=C(N)C=C[C@@H]1Cl. The minimum Gasteiger partial charge on any atom is -0.397 e. The maximum Gasteiger partial charge on any atom is 0.123 e. The molecule has 1 aromatic heterocycles. The van der Waals surface area contributed by atoms with Gasteiger partial charge in [0.2, 0.25) is 0 Å². The van der Waals surface area contributed by atoms with Crippen LogP contribution in [0.25, 0.3) is 5.70 Å². The smallest absolute Gasteiger partial charge is 0.123 e. The van der Waals surface area contributed by atoms with Crippen molar-refractivity contribution in [2.75, 3.05) is 6.54 Å². The molecular formula is C13H16ClN3O. The minimum atomic E-state index is -0.489. The molecule has 0 radical (unpaired) electrons. The van der Waals surface area contributed by atoms with Gasteiger partial charge in [0.1, 0.15) is 5.50 Å². The van der Waals surface area contributed by atoms with Gasteiger partial charge in [-0.05, 0) is 31.2 Å². The highest BCUT2D eigenvalue weighted by atomic mass is 35.5. The Morgan fingerprint density at radius 2 is 2.39 bits per heavy atom. The fraction of sp³-hybridized carbons (Fsp3) is 0.308. The molecule has 0 aliphatic carbocycles. The maximum absolute atomic E-state index is 9.57. The lowest BCUT2D eigenvalue weighted by Crippen LogP contribution is -2.37. The number of pyridine rings is 1. The van der Waals surface area contributed by atoms with Crippen LogP contribution in [0, 0.1) is 0 Å². The summed E-state index contributed by atoms with van der Waals surface area (Å²) in [7, 11) is 0. The van der Waals surface area contributed by atoms with Crippen molar-refractivity contribution in [1.29, 1.82) is 0 Å². The third-order valence-electron chi connectivity index (χ3n) is 2.69. The van der Waals surface area contributed by atoms with Crippen molar-refractivity contribution in [2.45, 2.75) is 18.5 Å². The van der Waals surface area contributed by atoms with E-state index in [9.17, 15) is 5.11 Å². The first-order chi connectivity index (χ1) is 8.59. The quantitative estimate of drug-likeness (QED) is 0.643. The Balaban J connectivity index is 2.41. The van der Waals surface area contributed by atoms with Gasteiger partial charge in [-0.2, -0.15) is 0 Å². The van der Waals surface area contributed by atoms with E-state index >= 15 is 0 Å². The molecule has 18 heavy (non-hydrogen) atoms. The van der Waals surface area contributed by atoms with Crippen LogP contribution in [0.5, 0.6) is 0 Å². The number of rotatable bonds is 3. The molecule has 5 heteroatoms. The van der Waals surface area contributed by atoms with Gasteiger partial charge in [-0.15, -0.1) is 0 Å². The van der Waals surface area contributed by atoms with E-state index in [1.165, 1.54) is 0 Å². The van der Waals surface area contributed by atoms with Crippen molar-refractivity contribution in [3.8, 4) is 0 Å². The number of nitrogens with zero attached hydrogens (tertiary/aromatic N) is 2. The Kier molecular flexibility index (Phi) is 3.89. The molecule has 0 saturated carbocycles. The Morgan fingerprint density at radius 3 is 3.00 bits per heavy atom. The fourth-order valence-corrected chi connectivity index (χ4v) is 2.22. The molecular weight excluding hydrogens is 250 g/mol. The average molecular weight is 266 g/mol. The number of halogens is 1. The molecule has 2 heterocycles. The molecule has 0 bridgehead atoms. The number of hydrogen-bond acceptors (Lipinski definition) is 4. The molecule has 0 amide bonds. The Bertz CT molecular complexity index is 470. The van der Waals surface area contributed by atoms with Crippen LogP contribution in [0.2, 0.25) is 0 Å². The van der Waals surface area contributed by atoms with Gasteiger partial charge in [-0.1, -0.05) is 11.6 Å². The Labute approximate surface area is 111 Å². The van der Waals surface area contributed by atoms with Gasteiger partial charge in [-0.25, -0.2) is 0 Å². The van der Waals surface area contributed by atoms with Crippen molar-refractivity contribution in [2.24, 2.45) is 5.73 Å². The van der Waals surface area contributed by atoms with Crippen LogP contribution in [0.3, 0.4) is 0 Å². The van der Waals surface area contributed by atoms with Gasteiger partial charge in [-0.3, -0.25) is 4.98 Å². The molecule has 2 rings (SSSR count). The van der Waals surface area contributed by atoms with Crippen molar-refractivity contribution in [1.82, 2.24) is 9.88 Å². The first kappa shape index (κ1) is 12.9. The van der Waals surface area contributed by atoms with E-state index in [0.29, 0.717) is 12.2 Å². The van der Waals surface area contributed by atoms with Crippen LogP contribution in [0.4, 0.5) is 0 Å². The summed E-state index contributed by atoms with van der Waals surface area (Å²) in [5.74, 6) is 0. The highest BCUT2D eigenvalue weighted by Gasteiger charge is 2.24. The van der Waals surface area contributed by atoms with Gasteiger partial charge < -0.3 is 15.7 Å². The first-order valence-corrected chi connectivity index (χ1v) is 6.20. The van der Waals surface area contributed by atoms with E-state index in [2.05, 4.69) is 4.98 Å². The van der Waals surface area contributed by atoms with Crippen LogP contribution < -0.4 is 5.73 Å². The van der Waals surface area contributed by atoms with E-state index in [1.807, 2.05) is 17.0 Å². The summed E-state index contributed by atoms with van der Waals surface area (Å²) in [6, 6.07) is 3.77. The summed E-state index contributed by atoms with van der Waals surface area (Å²) in [4.78, 5) is 5.96. The van der Waals surface area contributed by atoms with Gasteiger partial charge in [0.05, 0.1) is 17.5 Å². The van der Waals surface area contributed by atoms with Crippen LogP contribution in [0.15, 0.2) is 42.4 Å². The minimum absolute atomic E-state index is 0.317. The lowest BCUT2D eigenvalue weighted by atomic mass is 10.1. The molecule has 2 atom stereocenters.